The Kier molecular flexibility index (Phi) is 4.58. The number of furan rings is 1. The van der Waals surface area contributed by atoms with Crippen molar-refractivity contribution in [2.45, 2.75) is 18.5 Å². The zero-order valence-corrected chi connectivity index (χ0v) is 15.9. The van der Waals surface area contributed by atoms with E-state index in [0.717, 1.165) is 5.56 Å². The van der Waals surface area contributed by atoms with Gasteiger partial charge in [0.2, 0.25) is 11.7 Å². The van der Waals surface area contributed by atoms with E-state index >= 15 is 0 Å². The second-order valence-electron chi connectivity index (χ2n) is 6.44. The van der Waals surface area contributed by atoms with Gasteiger partial charge in [-0.15, -0.1) is 0 Å². The third-order valence-electron chi connectivity index (χ3n) is 4.63. The van der Waals surface area contributed by atoms with E-state index in [4.69, 9.17) is 8.94 Å². The van der Waals surface area contributed by atoms with Gasteiger partial charge in [-0.2, -0.15) is 9.29 Å². The molecule has 0 spiro atoms. The van der Waals surface area contributed by atoms with Gasteiger partial charge in [-0.25, -0.2) is 13.4 Å². The highest BCUT2D eigenvalue weighted by Crippen LogP contribution is 2.19. The highest BCUT2D eigenvalue weighted by atomic mass is 32.2. The molecule has 27 heavy (non-hydrogen) atoms. The number of hydrogen-bond donors (Lipinski definition) is 0. The van der Waals surface area contributed by atoms with E-state index in [1.807, 2.05) is 0 Å². The predicted molar refractivity (Wildman–Crippen MR) is 94.0 cm³/mol. The number of nitrogens with zero attached hydrogens (tertiary/aromatic N) is 6. The number of hydrogen-bond acceptors (Lipinski definition) is 8. The van der Waals surface area contributed by atoms with Crippen molar-refractivity contribution in [3.8, 4) is 11.4 Å². The Labute approximate surface area is 156 Å². The van der Waals surface area contributed by atoms with E-state index in [1.54, 1.807) is 43.3 Å². The van der Waals surface area contributed by atoms with E-state index in [0.29, 0.717) is 50.3 Å². The molecule has 0 amide bonds. The molecule has 0 atom stereocenters. The monoisotopic (exact) mass is 392 g/mol. The summed E-state index contributed by atoms with van der Waals surface area (Å²) in [5.74, 6) is 1.63. The summed E-state index contributed by atoms with van der Waals surface area (Å²) in [5.41, 5.74) is 0.756. The normalized spacial score (nSPS) is 16.8. The van der Waals surface area contributed by atoms with Crippen molar-refractivity contribution in [3.63, 3.8) is 0 Å². The van der Waals surface area contributed by atoms with E-state index in [-0.39, 0.29) is 5.03 Å². The quantitative estimate of drug-likeness (QED) is 0.629. The Balaban J connectivity index is 1.38. The molecule has 3 aromatic rings. The van der Waals surface area contributed by atoms with Crippen LogP contribution in [0, 0.1) is 6.92 Å². The van der Waals surface area contributed by atoms with Gasteiger partial charge in [-0.05, 0) is 13.0 Å². The van der Waals surface area contributed by atoms with Crippen molar-refractivity contribution in [2.24, 2.45) is 7.05 Å². The number of sulfonamides is 1. The molecule has 144 valence electrons. The van der Waals surface area contributed by atoms with Gasteiger partial charge < -0.3 is 13.5 Å². The molecule has 1 saturated heterocycles. The molecule has 0 N–H and O–H groups in total. The average Bonchev–Trinajstić information content (AvgIpc) is 3.38. The molecule has 1 aliphatic rings. The molecule has 0 saturated carbocycles. The minimum absolute atomic E-state index is 0.0950. The van der Waals surface area contributed by atoms with Crippen molar-refractivity contribution in [1.29, 1.82) is 0 Å². The third-order valence-corrected chi connectivity index (χ3v) is 6.40. The fourth-order valence-electron chi connectivity index (χ4n) is 2.93. The van der Waals surface area contributed by atoms with Gasteiger partial charge in [-0.1, -0.05) is 5.16 Å². The van der Waals surface area contributed by atoms with Gasteiger partial charge in [0, 0.05) is 39.4 Å². The van der Waals surface area contributed by atoms with Crippen molar-refractivity contribution < 1.29 is 17.4 Å². The van der Waals surface area contributed by atoms with E-state index in [9.17, 15) is 8.42 Å². The lowest BCUT2D eigenvalue weighted by Gasteiger charge is -2.32. The second kappa shape index (κ2) is 6.91. The van der Waals surface area contributed by atoms with Crippen LogP contribution in [0.3, 0.4) is 0 Å². The van der Waals surface area contributed by atoms with Crippen molar-refractivity contribution in [3.05, 3.63) is 36.5 Å². The first kappa shape index (κ1) is 17.9. The molecule has 0 unspecified atom stereocenters. The van der Waals surface area contributed by atoms with Crippen LogP contribution in [0.1, 0.15) is 11.7 Å². The second-order valence-corrected chi connectivity index (χ2v) is 8.33. The van der Waals surface area contributed by atoms with Crippen molar-refractivity contribution in [2.75, 3.05) is 26.2 Å². The Hall–Kier alpha value is -2.50. The number of rotatable bonds is 5. The third kappa shape index (κ3) is 3.53. The van der Waals surface area contributed by atoms with Crippen LogP contribution in [0.5, 0.6) is 0 Å². The molecule has 4 rings (SSSR count). The molecule has 0 radical (unpaired) electrons. The van der Waals surface area contributed by atoms with Crippen LogP contribution >= 0.6 is 0 Å². The lowest BCUT2D eigenvalue weighted by molar-refractivity contribution is 0.163. The van der Waals surface area contributed by atoms with Crippen LogP contribution in [0.25, 0.3) is 11.4 Å². The summed E-state index contributed by atoms with van der Waals surface area (Å²) in [6.07, 6.45) is 4.65. The highest BCUT2D eigenvalue weighted by molar-refractivity contribution is 7.89. The summed E-state index contributed by atoms with van der Waals surface area (Å²) >= 11 is 0. The van der Waals surface area contributed by atoms with Gasteiger partial charge in [0.05, 0.1) is 18.4 Å². The summed E-state index contributed by atoms with van der Waals surface area (Å²) in [5, 5.41) is 4.03. The zero-order valence-electron chi connectivity index (χ0n) is 15.1. The van der Waals surface area contributed by atoms with Crippen LogP contribution < -0.4 is 0 Å². The average molecular weight is 392 g/mol. The molecule has 0 aromatic carbocycles. The minimum atomic E-state index is -3.57. The fraction of sp³-hybridized carbons (Fsp3) is 0.438. The van der Waals surface area contributed by atoms with Gasteiger partial charge in [-0.3, -0.25) is 4.90 Å². The maximum absolute atomic E-state index is 12.7. The Bertz CT molecular complexity index is 996. The molecule has 11 heteroatoms. The number of aryl methyl sites for hydroxylation is 2. The van der Waals surface area contributed by atoms with Crippen LogP contribution in [0.15, 0.2) is 38.8 Å². The van der Waals surface area contributed by atoms with Crippen LogP contribution in [0.4, 0.5) is 0 Å². The Morgan fingerprint density at radius 2 is 1.96 bits per heavy atom. The molecule has 10 nitrogen and oxygen atoms in total. The summed E-state index contributed by atoms with van der Waals surface area (Å²) in [7, 11) is -1.79. The first-order valence-electron chi connectivity index (χ1n) is 8.51. The van der Waals surface area contributed by atoms with E-state index in [2.05, 4.69) is 20.0 Å². The SMILES string of the molecule is Cc1nc(S(=O)(=O)N2CCN(Cc3nc(-c4ccoc4)no3)CC2)cn1C. The maximum Gasteiger partial charge on any atom is 0.262 e. The highest BCUT2D eigenvalue weighted by Gasteiger charge is 2.31. The summed E-state index contributed by atoms with van der Waals surface area (Å²) in [6, 6.07) is 1.76. The minimum Gasteiger partial charge on any atom is -0.472 e. The van der Waals surface area contributed by atoms with Crippen LogP contribution in [0.2, 0.25) is 0 Å². The molecule has 0 aliphatic carbocycles. The van der Waals surface area contributed by atoms with Gasteiger partial charge >= 0.3 is 0 Å². The first-order chi connectivity index (χ1) is 12.9. The van der Waals surface area contributed by atoms with Gasteiger partial charge in [0.15, 0.2) is 5.03 Å². The van der Waals surface area contributed by atoms with E-state index < -0.39 is 10.0 Å². The smallest absolute Gasteiger partial charge is 0.262 e. The maximum atomic E-state index is 12.7. The van der Waals surface area contributed by atoms with Crippen molar-refractivity contribution >= 4 is 10.0 Å². The summed E-state index contributed by atoms with van der Waals surface area (Å²) in [4.78, 5) is 10.6. The molecule has 4 heterocycles. The zero-order chi connectivity index (χ0) is 19.0. The largest absolute Gasteiger partial charge is 0.472 e. The number of imidazole rings is 1. The fourth-order valence-corrected chi connectivity index (χ4v) is 4.38. The Morgan fingerprint density at radius 1 is 1.19 bits per heavy atom. The molecular weight excluding hydrogens is 372 g/mol. The molecule has 1 fully saturated rings. The molecule has 0 bridgehead atoms. The lowest BCUT2D eigenvalue weighted by atomic mass is 10.3. The standard InChI is InChI=1S/C16H20N6O4S/c1-12-17-15(10-20(12)2)27(23,24)22-6-4-21(5-7-22)9-14-18-16(19-26-14)13-3-8-25-11-13/h3,8,10-11H,4-7,9H2,1-2H3. The molecule has 1 aliphatic heterocycles. The Morgan fingerprint density at radius 3 is 2.59 bits per heavy atom. The summed E-state index contributed by atoms with van der Waals surface area (Å²) in [6.45, 7) is 4.19. The number of aromatic nitrogens is 4. The topological polar surface area (TPSA) is 110 Å². The van der Waals surface area contributed by atoms with Crippen molar-refractivity contribution in [1.82, 2.24) is 28.9 Å². The van der Waals surface area contributed by atoms with Crippen LogP contribution in [-0.4, -0.2) is 63.5 Å². The van der Waals surface area contributed by atoms with Crippen LogP contribution in [-0.2, 0) is 23.6 Å². The van der Waals surface area contributed by atoms with Gasteiger partial charge in [0.1, 0.15) is 12.1 Å². The number of piperazine rings is 1. The molecular formula is C16H20N6O4S. The summed E-state index contributed by atoms with van der Waals surface area (Å²) < 4.78 is 38.9. The first-order valence-corrected chi connectivity index (χ1v) is 9.95. The molecule has 3 aromatic heterocycles. The van der Waals surface area contributed by atoms with E-state index in [1.165, 1.54) is 4.31 Å². The lowest BCUT2D eigenvalue weighted by Crippen LogP contribution is -2.48. The predicted octanol–water partition coefficient (Wildman–Crippen LogP) is 0.878. The van der Waals surface area contributed by atoms with Gasteiger partial charge in [0.25, 0.3) is 10.0 Å².